The van der Waals surface area contributed by atoms with Gasteiger partial charge < -0.3 is 4.74 Å². The minimum Gasteiger partial charge on any atom is -0.371 e. The molecule has 0 radical (unpaired) electrons. The van der Waals surface area contributed by atoms with Crippen LogP contribution in [-0.4, -0.2) is 10.6 Å². The Morgan fingerprint density at radius 1 is 1.33 bits per heavy atom. The van der Waals surface area contributed by atoms with E-state index in [0.717, 1.165) is 22.7 Å². The zero-order valence-corrected chi connectivity index (χ0v) is 14.6. The average Bonchev–Trinajstić information content (AvgIpc) is 2.95. The number of hydrogen-bond donors (Lipinski definition) is 0. The third kappa shape index (κ3) is 4.29. The van der Waals surface area contributed by atoms with Crippen LogP contribution in [0.2, 0.25) is 0 Å². The van der Waals surface area contributed by atoms with Crippen molar-refractivity contribution in [2.24, 2.45) is 0 Å². The van der Waals surface area contributed by atoms with Gasteiger partial charge in [-0.05, 0) is 44.4 Å². The second kappa shape index (κ2) is 6.91. The minimum atomic E-state index is -0.0737. The summed E-state index contributed by atoms with van der Waals surface area (Å²) in [5.74, 6) is 0.466. The van der Waals surface area contributed by atoms with Crippen molar-refractivity contribution in [2.45, 2.75) is 52.2 Å². The number of nitrogens with zero attached hydrogens (tertiary/aromatic N) is 1. The standard InChI is InChI=1S/C17H22ClNOS/c1-5-17(3,4)20-10-14-7-6-13(8-12(14)2)16-19-15(9-18)11-21-16/h6-8,11H,5,9-10H2,1-4H3. The first-order valence-electron chi connectivity index (χ1n) is 7.19. The van der Waals surface area contributed by atoms with Crippen LogP contribution in [0.25, 0.3) is 10.6 Å². The lowest BCUT2D eigenvalue weighted by Crippen LogP contribution is -2.22. The van der Waals surface area contributed by atoms with Gasteiger partial charge in [-0.25, -0.2) is 4.98 Å². The lowest BCUT2D eigenvalue weighted by atomic mass is 10.0. The van der Waals surface area contributed by atoms with E-state index in [1.807, 2.05) is 5.38 Å². The third-order valence-electron chi connectivity index (χ3n) is 3.75. The Kier molecular flexibility index (Phi) is 5.42. The largest absolute Gasteiger partial charge is 0.371 e. The number of thiazole rings is 1. The van der Waals surface area contributed by atoms with Crippen molar-refractivity contribution in [3.05, 3.63) is 40.4 Å². The van der Waals surface area contributed by atoms with Crippen molar-refractivity contribution in [2.75, 3.05) is 0 Å². The molecule has 1 heterocycles. The molecule has 0 aliphatic carbocycles. The van der Waals surface area contributed by atoms with E-state index in [-0.39, 0.29) is 5.60 Å². The van der Waals surface area contributed by atoms with Gasteiger partial charge in [-0.3, -0.25) is 0 Å². The van der Waals surface area contributed by atoms with Crippen LogP contribution in [0.5, 0.6) is 0 Å². The first-order valence-corrected chi connectivity index (χ1v) is 8.61. The van der Waals surface area contributed by atoms with E-state index < -0.39 is 0 Å². The highest BCUT2D eigenvalue weighted by Gasteiger charge is 2.16. The van der Waals surface area contributed by atoms with Crippen LogP contribution >= 0.6 is 22.9 Å². The van der Waals surface area contributed by atoms with E-state index in [0.29, 0.717) is 12.5 Å². The summed E-state index contributed by atoms with van der Waals surface area (Å²) < 4.78 is 5.98. The number of halogens is 1. The summed E-state index contributed by atoms with van der Waals surface area (Å²) in [5, 5.41) is 3.04. The monoisotopic (exact) mass is 323 g/mol. The molecule has 0 amide bonds. The number of rotatable bonds is 6. The van der Waals surface area contributed by atoms with Crippen LogP contribution in [0.1, 0.15) is 44.0 Å². The summed E-state index contributed by atoms with van der Waals surface area (Å²) in [6.45, 7) is 9.17. The minimum absolute atomic E-state index is 0.0737. The van der Waals surface area contributed by atoms with Crippen molar-refractivity contribution in [3.63, 3.8) is 0 Å². The molecule has 0 aliphatic rings. The number of benzene rings is 1. The quantitative estimate of drug-likeness (QED) is 0.649. The molecule has 1 aromatic heterocycles. The first-order chi connectivity index (χ1) is 9.95. The maximum atomic E-state index is 5.98. The predicted molar refractivity (Wildman–Crippen MR) is 91.0 cm³/mol. The van der Waals surface area contributed by atoms with Gasteiger partial charge in [-0.1, -0.05) is 19.1 Å². The summed E-state index contributed by atoms with van der Waals surface area (Å²) in [5.41, 5.74) is 4.48. The van der Waals surface area contributed by atoms with Crippen molar-refractivity contribution in [3.8, 4) is 10.6 Å². The van der Waals surface area contributed by atoms with Gasteiger partial charge in [0.25, 0.3) is 0 Å². The summed E-state index contributed by atoms with van der Waals surface area (Å²) in [4.78, 5) is 4.52. The molecule has 1 aromatic carbocycles. The molecule has 4 heteroatoms. The Morgan fingerprint density at radius 2 is 2.10 bits per heavy atom. The fourth-order valence-electron chi connectivity index (χ4n) is 1.87. The maximum absolute atomic E-state index is 5.98. The van der Waals surface area contributed by atoms with E-state index in [9.17, 15) is 0 Å². The SMILES string of the molecule is CCC(C)(C)OCc1ccc(-c2nc(CCl)cs2)cc1C. The highest BCUT2D eigenvalue weighted by molar-refractivity contribution is 7.13. The summed E-state index contributed by atoms with van der Waals surface area (Å²) in [7, 11) is 0. The molecular weight excluding hydrogens is 302 g/mol. The van der Waals surface area contributed by atoms with Gasteiger partial charge in [0.15, 0.2) is 0 Å². The van der Waals surface area contributed by atoms with Gasteiger partial charge in [0, 0.05) is 10.9 Å². The molecule has 0 spiro atoms. The van der Waals surface area contributed by atoms with Gasteiger partial charge in [-0.2, -0.15) is 0 Å². The Bertz CT molecular complexity index is 607. The predicted octanol–water partition coefficient (Wildman–Crippen LogP) is 5.56. The average molecular weight is 324 g/mol. The van der Waals surface area contributed by atoms with E-state index in [2.05, 4.69) is 50.9 Å². The first kappa shape index (κ1) is 16.5. The van der Waals surface area contributed by atoms with E-state index in [4.69, 9.17) is 16.3 Å². The molecule has 21 heavy (non-hydrogen) atoms. The molecule has 0 saturated heterocycles. The van der Waals surface area contributed by atoms with Crippen LogP contribution in [0.15, 0.2) is 23.6 Å². The number of ether oxygens (including phenoxy) is 1. The van der Waals surface area contributed by atoms with Gasteiger partial charge >= 0.3 is 0 Å². The normalized spacial score (nSPS) is 11.9. The second-order valence-electron chi connectivity index (χ2n) is 5.82. The highest BCUT2D eigenvalue weighted by atomic mass is 35.5. The Morgan fingerprint density at radius 3 is 2.67 bits per heavy atom. The van der Waals surface area contributed by atoms with Crippen LogP contribution in [-0.2, 0) is 17.2 Å². The van der Waals surface area contributed by atoms with Crippen molar-refractivity contribution < 1.29 is 4.74 Å². The summed E-state index contributed by atoms with van der Waals surface area (Å²) in [6, 6.07) is 6.42. The van der Waals surface area contributed by atoms with Crippen molar-refractivity contribution >= 4 is 22.9 Å². The number of aryl methyl sites for hydroxylation is 1. The lowest BCUT2D eigenvalue weighted by molar-refractivity contribution is -0.0318. The number of hydrogen-bond acceptors (Lipinski definition) is 3. The fourth-order valence-corrected chi connectivity index (χ4v) is 2.91. The highest BCUT2D eigenvalue weighted by Crippen LogP contribution is 2.27. The molecule has 0 unspecified atom stereocenters. The molecule has 2 nitrogen and oxygen atoms in total. The molecule has 2 rings (SSSR count). The molecular formula is C17H22ClNOS. The Balaban J connectivity index is 2.14. The molecule has 114 valence electrons. The van der Waals surface area contributed by atoms with Gasteiger partial charge in [-0.15, -0.1) is 22.9 Å². The Labute approximate surface area is 136 Å². The molecule has 0 aliphatic heterocycles. The van der Waals surface area contributed by atoms with Crippen molar-refractivity contribution in [1.29, 1.82) is 0 Å². The van der Waals surface area contributed by atoms with Crippen LogP contribution in [0, 0.1) is 6.92 Å². The fraction of sp³-hybridized carbons (Fsp3) is 0.471. The molecule has 0 atom stereocenters. The van der Waals surface area contributed by atoms with Crippen LogP contribution in [0.4, 0.5) is 0 Å². The molecule has 2 aromatic rings. The third-order valence-corrected chi connectivity index (χ3v) is 4.96. The Hall–Kier alpha value is -0.900. The van der Waals surface area contributed by atoms with Crippen LogP contribution < -0.4 is 0 Å². The molecule has 0 fully saturated rings. The second-order valence-corrected chi connectivity index (χ2v) is 6.95. The number of alkyl halides is 1. The lowest BCUT2D eigenvalue weighted by Gasteiger charge is -2.24. The smallest absolute Gasteiger partial charge is 0.123 e. The maximum Gasteiger partial charge on any atom is 0.123 e. The molecule has 0 N–H and O–H groups in total. The number of aromatic nitrogens is 1. The van der Waals surface area contributed by atoms with Gasteiger partial charge in [0.2, 0.25) is 0 Å². The summed E-state index contributed by atoms with van der Waals surface area (Å²) >= 11 is 7.45. The van der Waals surface area contributed by atoms with E-state index in [1.165, 1.54) is 11.1 Å². The molecule has 0 bridgehead atoms. The van der Waals surface area contributed by atoms with E-state index in [1.54, 1.807) is 11.3 Å². The van der Waals surface area contributed by atoms with E-state index >= 15 is 0 Å². The summed E-state index contributed by atoms with van der Waals surface area (Å²) in [6.07, 6.45) is 1.00. The van der Waals surface area contributed by atoms with Gasteiger partial charge in [0.1, 0.15) is 5.01 Å². The topological polar surface area (TPSA) is 22.1 Å². The molecule has 0 saturated carbocycles. The van der Waals surface area contributed by atoms with Gasteiger partial charge in [0.05, 0.1) is 23.8 Å². The van der Waals surface area contributed by atoms with Crippen molar-refractivity contribution in [1.82, 2.24) is 4.98 Å². The zero-order chi connectivity index (χ0) is 15.5. The van der Waals surface area contributed by atoms with Crippen LogP contribution in [0.3, 0.4) is 0 Å². The zero-order valence-electron chi connectivity index (χ0n) is 13.1.